The summed E-state index contributed by atoms with van der Waals surface area (Å²) in [5.41, 5.74) is -0.609. The summed E-state index contributed by atoms with van der Waals surface area (Å²) >= 11 is 0. The van der Waals surface area contributed by atoms with Crippen molar-refractivity contribution in [1.29, 1.82) is 0 Å². The molecule has 1 rings (SSSR count). The predicted octanol–water partition coefficient (Wildman–Crippen LogP) is 0.802. The summed E-state index contributed by atoms with van der Waals surface area (Å²) < 4.78 is 5.29. The Hall–Kier alpha value is -1.89. The number of carbonyl (C=O) groups is 3. The zero-order valence-electron chi connectivity index (χ0n) is 11.9. The first-order valence-electron chi connectivity index (χ1n) is 6.37. The van der Waals surface area contributed by atoms with E-state index in [0.29, 0.717) is 13.2 Å². The third-order valence-electron chi connectivity index (χ3n) is 3.30. The molecule has 0 aromatic rings. The molecule has 0 aromatic heterocycles. The van der Waals surface area contributed by atoms with E-state index in [1.165, 1.54) is 13.8 Å². The Morgan fingerprint density at radius 3 is 2.35 bits per heavy atom. The highest BCUT2D eigenvalue weighted by atomic mass is 16.5. The van der Waals surface area contributed by atoms with E-state index < -0.39 is 23.4 Å². The van der Waals surface area contributed by atoms with Crippen LogP contribution in [0.2, 0.25) is 0 Å². The summed E-state index contributed by atoms with van der Waals surface area (Å²) in [7, 11) is 0. The second-order valence-electron chi connectivity index (χ2n) is 5.18. The van der Waals surface area contributed by atoms with Crippen molar-refractivity contribution in [2.45, 2.75) is 39.2 Å². The highest BCUT2D eigenvalue weighted by Crippen LogP contribution is 2.17. The van der Waals surface area contributed by atoms with E-state index in [0.717, 1.165) is 12.8 Å². The predicted molar refractivity (Wildman–Crippen MR) is 71.1 cm³/mol. The molecule has 1 fully saturated rings. The standard InChI is InChI=1S/C13H20N2O5/c1-8(9(2)11(17)18)10(16)14-12(19)15-13(3)5-4-6-20-7-13/h4-7H2,1-3H3,(H,17,18)(H2,14,15,16,19). The Labute approximate surface area is 117 Å². The number of hydrogen-bond donors (Lipinski definition) is 3. The van der Waals surface area contributed by atoms with Crippen molar-refractivity contribution >= 4 is 17.9 Å². The fourth-order valence-electron chi connectivity index (χ4n) is 1.87. The number of aliphatic carboxylic acids is 1. The smallest absolute Gasteiger partial charge is 0.331 e. The molecule has 7 nitrogen and oxygen atoms in total. The SMILES string of the molecule is CC(C(=O)O)=C(C)C(=O)NC(=O)NC1(C)CCCOC1. The van der Waals surface area contributed by atoms with Gasteiger partial charge >= 0.3 is 12.0 Å². The molecule has 112 valence electrons. The third-order valence-corrected chi connectivity index (χ3v) is 3.30. The van der Waals surface area contributed by atoms with E-state index in [1.807, 2.05) is 6.92 Å². The minimum Gasteiger partial charge on any atom is -0.478 e. The third kappa shape index (κ3) is 4.34. The minimum atomic E-state index is -1.19. The van der Waals surface area contributed by atoms with Crippen LogP contribution in [0.3, 0.4) is 0 Å². The molecule has 7 heteroatoms. The van der Waals surface area contributed by atoms with Crippen LogP contribution in [0, 0.1) is 0 Å². The largest absolute Gasteiger partial charge is 0.478 e. The molecule has 0 aromatic carbocycles. The summed E-state index contributed by atoms with van der Waals surface area (Å²) in [6.45, 7) is 5.55. The van der Waals surface area contributed by atoms with Gasteiger partial charge in [-0.25, -0.2) is 9.59 Å². The highest BCUT2D eigenvalue weighted by molar-refractivity contribution is 6.07. The molecule has 1 aliphatic rings. The number of carboxylic acid groups (broad SMARTS) is 1. The van der Waals surface area contributed by atoms with Crippen LogP contribution in [0.4, 0.5) is 4.79 Å². The van der Waals surface area contributed by atoms with E-state index >= 15 is 0 Å². The van der Waals surface area contributed by atoms with E-state index in [4.69, 9.17) is 9.84 Å². The van der Waals surface area contributed by atoms with Crippen LogP contribution in [0.15, 0.2) is 11.1 Å². The molecule has 3 amide bonds. The number of rotatable bonds is 3. The quantitative estimate of drug-likeness (QED) is 0.665. The van der Waals surface area contributed by atoms with Gasteiger partial charge in [-0.1, -0.05) is 0 Å². The molecule has 1 unspecified atom stereocenters. The molecule has 0 aliphatic carbocycles. The molecule has 0 radical (unpaired) electrons. The second-order valence-corrected chi connectivity index (χ2v) is 5.18. The lowest BCUT2D eigenvalue weighted by atomic mass is 9.95. The Morgan fingerprint density at radius 1 is 1.20 bits per heavy atom. The molecule has 0 spiro atoms. The van der Waals surface area contributed by atoms with Gasteiger partial charge in [-0.2, -0.15) is 0 Å². The van der Waals surface area contributed by atoms with Gasteiger partial charge in [0.05, 0.1) is 12.1 Å². The molecule has 0 saturated carbocycles. The monoisotopic (exact) mass is 284 g/mol. The first kappa shape index (κ1) is 16.2. The molecule has 1 heterocycles. The van der Waals surface area contributed by atoms with Gasteiger partial charge in [0.15, 0.2) is 0 Å². The number of carboxylic acids is 1. The molecule has 3 N–H and O–H groups in total. The summed E-state index contributed by atoms with van der Waals surface area (Å²) in [5, 5.41) is 13.6. The number of hydrogen-bond acceptors (Lipinski definition) is 4. The summed E-state index contributed by atoms with van der Waals surface area (Å²) in [6, 6.07) is -0.652. The lowest BCUT2D eigenvalue weighted by molar-refractivity contribution is -0.133. The number of urea groups is 1. The average Bonchev–Trinajstić information content (AvgIpc) is 2.36. The summed E-state index contributed by atoms with van der Waals surface area (Å²) in [5.74, 6) is -1.91. The van der Waals surface area contributed by atoms with Crippen molar-refractivity contribution < 1.29 is 24.2 Å². The molecule has 1 atom stereocenters. The summed E-state index contributed by atoms with van der Waals surface area (Å²) in [6.07, 6.45) is 1.60. The van der Waals surface area contributed by atoms with Gasteiger partial charge in [0.1, 0.15) is 0 Å². The number of nitrogens with one attached hydrogen (secondary N) is 2. The number of imide groups is 1. The van der Waals surface area contributed by atoms with Crippen LogP contribution < -0.4 is 10.6 Å². The summed E-state index contributed by atoms with van der Waals surface area (Å²) in [4.78, 5) is 34.2. The first-order valence-corrected chi connectivity index (χ1v) is 6.37. The van der Waals surface area contributed by atoms with Crippen molar-refractivity contribution in [3.05, 3.63) is 11.1 Å². The van der Waals surface area contributed by atoms with Crippen molar-refractivity contribution in [3.8, 4) is 0 Å². The second kappa shape index (κ2) is 6.51. The molecule has 20 heavy (non-hydrogen) atoms. The molecule has 1 saturated heterocycles. The molecule has 1 aliphatic heterocycles. The molecular formula is C13H20N2O5. The lowest BCUT2D eigenvalue weighted by Gasteiger charge is -2.34. The van der Waals surface area contributed by atoms with Crippen LogP contribution in [0.1, 0.15) is 33.6 Å². The highest BCUT2D eigenvalue weighted by Gasteiger charge is 2.30. The van der Waals surface area contributed by atoms with Gasteiger partial charge in [0.2, 0.25) is 0 Å². The van der Waals surface area contributed by atoms with Crippen LogP contribution >= 0.6 is 0 Å². The number of carbonyl (C=O) groups excluding carboxylic acids is 2. The van der Waals surface area contributed by atoms with E-state index in [-0.39, 0.29) is 11.1 Å². The van der Waals surface area contributed by atoms with Gasteiger partial charge < -0.3 is 15.2 Å². The van der Waals surface area contributed by atoms with Crippen LogP contribution in [-0.4, -0.2) is 41.8 Å². The Kier molecular flexibility index (Phi) is 5.26. The average molecular weight is 284 g/mol. The fraction of sp³-hybridized carbons (Fsp3) is 0.615. The van der Waals surface area contributed by atoms with Gasteiger partial charge in [-0.3, -0.25) is 10.1 Å². The van der Waals surface area contributed by atoms with Crippen molar-refractivity contribution in [2.24, 2.45) is 0 Å². The number of amides is 3. The topological polar surface area (TPSA) is 105 Å². The maximum atomic E-state index is 11.8. The Morgan fingerprint density at radius 2 is 1.85 bits per heavy atom. The molecule has 0 bridgehead atoms. The van der Waals surface area contributed by atoms with Crippen LogP contribution in [-0.2, 0) is 14.3 Å². The van der Waals surface area contributed by atoms with Crippen molar-refractivity contribution in [1.82, 2.24) is 10.6 Å². The normalized spacial score (nSPS) is 23.6. The van der Waals surface area contributed by atoms with Gasteiger partial charge in [-0.05, 0) is 33.6 Å². The van der Waals surface area contributed by atoms with E-state index in [9.17, 15) is 14.4 Å². The molecular weight excluding hydrogens is 264 g/mol. The Bertz CT molecular complexity index is 450. The van der Waals surface area contributed by atoms with Crippen molar-refractivity contribution in [3.63, 3.8) is 0 Å². The minimum absolute atomic E-state index is 0.00213. The van der Waals surface area contributed by atoms with E-state index in [2.05, 4.69) is 10.6 Å². The maximum Gasteiger partial charge on any atom is 0.331 e. The van der Waals surface area contributed by atoms with Crippen LogP contribution in [0.25, 0.3) is 0 Å². The van der Waals surface area contributed by atoms with Gasteiger partial charge in [-0.15, -0.1) is 0 Å². The van der Waals surface area contributed by atoms with Crippen LogP contribution in [0.5, 0.6) is 0 Å². The maximum absolute atomic E-state index is 11.8. The number of ether oxygens (including phenoxy) is 1. The zero-order chi connectivity index (χ0) is 15.3. The van der Waals surface area contributed by atoms with Gasteiger partial charge in [0, 0.05) is 17.8 Å². The fourth-order valence-corrected chi connectivity index (χ4v) is 1.87. The first-order chi connectivity index (χ1) is 9.25. The lowest BCUT2D eigenvalue weighted by Crippen LogP contribution is -2.55. The van der Waals surface area contributed by atoms with Gasteiger partial charge in [0.25, 0.3) is 5.91 Å². The van der Waals surface area contributed by atoms with E-state index in [1.54, 1.807) is 0 Å². The Balaban J connectivity index is 2.60. The van der Waals surface area contributed by atoms with Crippen molar-refractivity contribution in [2.75, 3.05) is 13.2 Å². The zero-order valence-corrected chi connectivity index (χ0v) is 11.9.